The third-order valence-corrected chi connectivity index (χ3v) is 3.68. The van der Waals surface area contributed by atoms with Crippen LogP contribution in [0.25, 0.3) is 0 Å². The Morgan fingerprint density at radius 1 is 1.29 bits per heavy atom. The first-order valence-electron chi connectivity index (χ1n) is 6.58. The summed E-state index contributed by atoms with van der Waals surface area (Å²) in [5, 5.41) is 0. The van der Waals surface area contributed by atoms with E-state index >= 15 is 0 Å². The fourth-order valence-corrected chi connectivity index (χ4v) is 2.71. The maximum absolute atomic E-state index is 12.3. The summed E-state index contributed by atoms with van der Waals surface area (Å²) >= 11 is 0. The summed E-state index contributed by atoms with van der Waals surface area (Å²) in [7, 11) is -1.44. The molecule has 0 aromatic heterocycles. The van der Waals surface area contributed by atoms with Gasteiger partial charge in [-0.3, -0.25) is 9.52 Å². The van der Waals surface area contributed by atoms with Gasteiger partial charge < -0.3 is 9.80 Å². The van der Waals surface area contributed by atoms with Crippen molar-refractivity contribution in [2.45, 2.75) is 6.42 Å². The second-order valence-corrected chi connectivity index (χ2v) is 6.85. The molecule has 1 heterocycles. The number of sulfonamides is 1. The highest BCUT2D eigenvalue weighted by atomic mass is 32.2. The number of Topliss-reactive ketones (excluding diaryl/α,β-unsaturated/α-hetero) is 1. The van der Waals surface area contributed by atoms with Gasteiger partial charge in [0.15, 0.2) is 5.78 Å². The van der Waals surface area contributed by atoms with E-state index < -0.39 is 10.0 Å². The van der Waals surface area contributed by atoms with E-state index in [0.717, 1.165) is 12.9 Å². The minimum absolute atomic E-state index is 0.0790. The Bertz CT molecular complexity index is 655. The number of para-hydroxylation sites is 1. The number of nitrogens with zero attached hydrogens (tertiary/aromatic N) is 2. The Balaban J connectivity index is 2.04. The zero-order chi connectivity index (χ0) is 15.5. The molecule has 1 N–H and O–H groups in total. The molecule has 0 radical (unpaired) electrons. The van der Waals surface area contributed by atoms with Gasteiger partial charge in [0.05, 0.1) is 18.6 Å². The molecule has 21 heavy (non-hydrogen) atoms. The summed E-state index contributed by atoms with van der Waals surface area (Å²) in [5.74, 6) is -0.0790. The van der Waals surface area contributed by atoms with Crippen LogP contribution in [0.3, 0.4) is 0 Å². The standard InChI is InChI=1S/C14H19N3O3S/c1-16-9-10-17(11-16)8-7-14(18)12-5-3-4-6-13(12)15-21(2,19)20/h3-6,9-10,15H,7-8,11H2,1-2H3. The number of anilines is 1. The lowest BCUT2D eigenvalue weighted by molar-refractivity contribution is 0.0970. The van der Waals surface area contributed by atoms with Gasteiger partial charge in [-0.1, -0.05) is 12.1 Å². The van der Waals surface area contributed by atoms with Gasteiger partial charge in [-0.15, -0.1) is 0 Å². The van der Waals surface area contributed by atoms with Gasteiger partial charge in [0.2, 0.25) is 10.0 Å². The van der Waals surface area contributed by atoms with Gasteiger partial charge >= 0.3 is 0 Å². The van der Waals surface area contributed by atoms with Crippen molar-refractivity contribution in [2.24, 2.45) is 0 Å². The van der Waals surface area contributed by atoms with Crippen molar-refractivity contribution in [1.29, 1.82) is 0 Å². The van der Waals surface area contributed by atoms with Gasteiger partial charge in [-0.25, -0.2) is 8.42 Å². The zero-order valence-corrected chi connectivity index (χ0v) is 12.9. The number of carbonyl (C=O) groups excluding carboxylic acids is 1. The topological polar surface area (TPSA) is 69.7 Å². The molecular weight excluding hydrogens is 290 g/mol. The number of ketones is 1. The first-order chi connectivity index (χ1) is 9.85. The number of carbonyl (C=O) groups is 1. The van der Waals surface area contributed by atoms with Crippen LogP contribution < -0.4 is 4.72 Å². The van der Waals surface area contributed by atoms with E-state index in [4.69, 9.17) is 0 Å². The van der Waals surface area contributed by atoms with Crippen molar-refractivity contribution < 1.29 is 13.2 Å². The van der Waals surface area contributed by atoms with Crippen LogP contribution in [-0.4, -0.2) is 50.5 Å². The van der Waals surface area contributed by atoms with E-state index in [-0.39, 0.29) is 5.78 Å². The molecule has 1 aromatic carbocycles. The summed E-state index contributed by atoms with van der Waals surface area (Å²) in [5.41, 5.74) is 0.735. The minimum atomic E-state index is -3.40. The molecule has 1 aliphatic heterocycles. The molecule has 6 nitrogen and oxygen atoms in total. The lowest BCUT2D eigenvalue weighted by atomic mass is 10.1. The monoisotopic (exact) mass is 309 g/mol. The zero-order valence-electron chi connectivity index (χ0n) is 12.1. The van der Waals surface area contributed by atoms with Crippen molar-refractivity contribution >= 4 is 21.5 Å². The minimum Gasteiger partial charge on any atom is -0.362 e. The van der Waals surface area contributed by atoms with E-state index in [1.807, 2.05) is 29.2 Å². The molecule has 2 rings (SSSR count). The summed E-state index contributed by atoms with van der Waals surface area (Å²) in [6, 6.07) is 6.66. The highest BCUT2D eigenvalue weighted by molar-refractivity contribution is 7.92. The molecule has 0 amide bonds. The van der Waals surface area contributed by atoms with Crippen molar-refractivity contribution in [3.05, 3.63) is 42.2 Å². The second kappa shape index (κ2) is 6.17. The molecular formula is C14H19N3O3S. The first-order valence-corrected chi connectivity index (χ1v) is 8.47. The van der Waals surface area contributed by atoms with Crippen LogP contribution in [0, 0.1) is 0 Å². The normalized spacial score (nSPS) is 14.6. The van der Waals surface area contributed by atoms with E-state index in [9.17, 15) is 13.2 Å². The predicted molar refractivity (Wildman–Crippen MR) is 82.3 cm³/mol. The summed E-state index contributed by atoms with van der Waals surface area (Å²) in [6.07, 6.45) is 5.29. The summed E-state index contributed by atoms with van der Waals surface area (Å²) in [6.45, 7) is 1.36. The van der Waals surface area contributed by atoms with E-state index in [1.165, 1.54) is 0 Å². The Kier molecular flexibility index (Phi) is 4.52. The SMILES string of the molecule is CN1C=CN(CCC(=O)c2ccccc2NS(C)(=O)=O)C1. The maximum Gasteiger partial charge on any atom is 0.229 e. The van der Waals surface area contributed by atoms with Gasteiger partial charge in [0.1, 0.15) is 0 Å². The third kappa shape index (κ3) is 4.49. The quantitative estimate of drug-likeness (QED) is 0.802. The molecule has 7 heteroatoms. The fourth-order valence-electron chi connectivity index (χ4n) is 2.13. The summed E-state index contributed by atoms with van der Waals surface area (Å²) < 4.78 is 25.0. The molecule has 0 aliphatic carbocycles. The van der Waals surface area contributed by atoms with Gasteiger partial charge in [0, 0.05) is 38.0 Å². The average Bonchev–Trinajstić information content (AvgIpc) is 2.80. The van der Waals surface area contributed by atoms with E-state index in [0.29, 0.717) is 24.2 Å². The molecule has 0 saturated carbocycles. The Hall–Kier alpha value is -2.02. The van der Waals surface area contributed by atoms with Crippen LogP contribution in [0.2, 0.25) is 0 Å². The highest BCUT2D eigenvalue weighted by Crippen LogP contribution is 2.18. The van der Waals surface area contributed by atoms with E-state index in [1.54, 1.807) is 24.3 Å². The Morgan fingerprint density at radius 3 is 2.62 bits per heavy atom. The number of nitrogens with one attached hydrogen (secondary N) is 1. The van der Waals surface area contributed by atoms with Crippen LogP contribution in [0.5, 0.6) is 0 Å². The summed E-state index contributed by atoms with van der Waals surface area (Å²) in [4.78, 5) is 16.3. The fraction of sp³-hybridized carbons (Fsp3) is 0.357. The molecule has 114 valence electrons. The van der Waals surface area contributed by atoms with Crippen LogP contribution in [0.1, 0.15) is 16.8 Å². The van der Waals surface area contributed by atoms with Gasteiger partial charge in [-0.05, 0) is 12.1 Å². The lowest BCUT2D eigenvalue weighted by Crippen LogP contribution is -2.25. The molecule has 0 spiro atoms. The average molecular weight is 309 g/mol. The number of hydrogen-bond acceptors (Lipinski definition) is 5. The lowest BCUT2D eigenvalue weighted by Gasteiger charge is -2.18. The van der Waals surface area contributed by atoms with Crippen LogP contribution in [0.15, 0.2) is 36.7 Å². The van der Waals surface area contributed by atoms with Crippen LogP contribution in [-0.2, 0) is 10.0 Å². The highest BCUT2D eigenvalue weighted by Gasteiger charge is 2.15. The van der Waals surface area contributed by atoms with Crippen molar-refractivity contribution in [2.75, 3.05) is 31.2 Å². The second-order valence-electron chi connectivity index (χ2n) is 5.10. The maximum atomic E-state index is 12.3. The van der Waals surface area contributed by atoms with Gasteiger partial charge in [-0.2, -0.15) is 0 Å². The Morgan fingerprint density at radius 2 is 2.00 bits per heavy atom. The molecule has 0 fully saturated rings. The molecule has 0 saturated heterocycles. The predicted octanol–water partition coefficient (Wildman–Crippen LogP) is 1.31. The number of benzene rings is 1. The third-order valence-electron chi connectivity index (χ3n) is 3.09. The van der Waals surface area contributed by atoms with Crippen molar-refractivity contribution in [1.82, 2.24) is 9.80 Å². The largest absolute Gasteiger partial charge is 0.362 e. The molecule has 0 unspecified atom stereocenters. The first kappa shape index (κ1) is 15.4. The van der Waals surface area contributed by atoms with Crippen molar-refractivity contribution in [3.8, 4) is 0 Å². The van der Waals surface area contributed by atoms with Crippen molar-refractivity contribution in [3.63, 3.8) is 0 Å². The number of hydrogen-bond donors (Lipinski definition) is 1. The van der Waals surface area contributed by atoms with Crippen LogP contribution in [0.4, 0.5) is 5.69 Å². The van der Waals surface area contributed by atoms with Crippen LogP contribution >= 0.6 is 0 Å². The smallest absolute Gasteiger partial charge is 0.229 e. The molecule has 1 aliphatic rings. The van der Waals surface area contributed by atoms with Gasteiger partial charge in [0.25, 0.3) is 0 Å². The Labute approximate surface area is 125 Å². The number of rotatable bonds is 6. The van der Waals surface area contributed by atoms with E-state index in [2.05, 4.69) is 4.72 Å². The molecule has 0 atom stereocenters. The molecule has 0 bridgehead atoms. The molecule has 1 aromatic rings.